The second kappa shape index (κ2) is 4.90. The van der Waals surface area contributed by atoms with Crippen molar-refractivity contribution in [2.75, 3.05) is 6.61 Å². The molecule has 2 nitrogen and oxygen atoms in total. The van der Waals surface area contributed by atoms with Crippen molar-refractivity contribution in [3.05, 3.63) is 0 Å². The van der Waals surface area contributed by atoms with Crippen LogP contribution in [0, 0.1) is 11.3 Å². The molecule has 0 saturated heterocycles. The van der Waals surface area contributed by atoms with Gasteiger partial charge in [0, 0.05) is 0 Å². The number of hydrogen-bond acceptors (Lipinski definition) is 2. The third-order valence-electron chi connectivity index (χ3n) is 2.77. The molecular weight excluding hydrogens is 202 g/mol. The maximum Gasteiger partial charge on any atom is 0.311 e. The molecule has 90 valence electrons. The van der Waals surface area contributed by atoms with E-state index in [1.165, 1.54) is 6.92 Å². The molecule has 0 saturated carbocycles. The average molecular weight is 222 g/mol. The van der Waals surface area contributed by atoms with Gasteiger partial charge in [-0.3, -0.25) is 4.79 Å². The zero-order chi connectivity index (χ0) is 12.3. The van der Waals surface area contributed by atoms with Gasteiger partial charge in [0.25, 0.3) is 5.92 Å². The van der Waals surface area contributed by atoms with Gasteiger partial charge in [0.15, 0.2) is 0 Å². The number of carbonyl (C=O) groups excluding carboxylic acids is 1. The van der Waals surface area contributed by atoms with Crippen molar-refractivity contribution in [3.63, 3.8) is 0 Å². The van der Waals surface area contributed by atoms with E-state index in [0.29, 0.717) is 6.42 Å². The van der Waals surface area contributed by atoms with Crippen molar-refractivity contribution in [3.8, 4) is 0 Å². The van der Waals surface area contributed by atoms with Gasteiger partial charge in [-0.1, -0.05) is 13.8 Å². The van der Waals surface area contributed by atoms with Crippen molar-refractivity contribution in [2.24, 2.45) is 11.3 Å². The summed E-state index contributed by atoms with van der Waals surface area (Å²) in [6.45, 7) is 7.31. The molecule has 0 rings (SSSR count). The highest BCUT2D eigenvalue weighted by Gasteiger charge is 2.33. The van der Waals surface area contributed by atoms with Crippen LogP contribution < -0.4 is 0 Å². The van der Waals surface area contributed by atoms with Gasteiger partial charge in [0.05, 0.1) is 17.9 Å². The fourth-order valence-corrected chi connectivity index (χ4v) is 0.687. The van der Waals surface area contributed by atoms with Crippen molar-refractivity contribution < 1.29 is 18.3 Å². The normalized spacial score (nSPS) is 14.9. The topological polar surface area (TPSA) is 26.3 Å². The van der Waals surface area contributed by atoms with E-state index in [4.69, 9.17) is 4.74 Å². The number of esters is 1. The minimum atomic E-state index is -2.81. The molecule has 0 aliphatic heterocycles. The Morgan fingerprint density at radius 3 is 2.13 bits per heavy atom. The third-order valence-corrected chi connectivity index (χ3v) is 2.77. The summed E-state index contributed by atoms with van der Waals surface area (Å²) < 4.78 is 30.4. The van der Waals surface area contributed by atoms with Crippen molar-refractivity contribution in [1.29, 1.82) is 0 Å². The summed E-state index contributed by atoms with van der Waals surface area (Å²) in [4.78, 5) is 11.5. The number of rotatable bonds is 5. The quantitative estimate of drug-likeness (QED) is 0.667. The summed E-state index contributed by atoms with van der Waals surface area (Å²) in [5, 5.41) is 0. The zero-order valence-electron chi connectivity index (χ0n) is 10.1. The third kappa shape index (κ3) is 4.58. The Hall–Kier alpha value is -0.670. The van der Waals surface area contributed by atoms with Crippen LogP contribution in [-0.4, -0.2) is 18.5 Å². The van der Waals surface area contributed by atoms with Gasteiger partial charge >= 0.3 is 5.97 Å². The van der Waals surface area contributed by atoms with Crippen LogP contribution >= 0.6 is 0 Å². The first-order valence-electron chi connectivity index (χ1n) is 5.16. The molecule has 4 heteroatoms. The summed E-state index contributed by atoms with van der Waals surface area (Å²) in [5.74, 6) is -4.17. The molecule has 0 aliphatic rings. The number of alkyl halides is 2. The van der Waals surface area contributed by atoms with Crippen molar-refractivity contribution >= 4 is 5.97 Å². The van der Waals surface area contributed by atoms with Gasteiger partial charge in [0.1, 0.15) is 0 Å². The van der Waals surface area contributed by atoms with Crippen LogP contribution in [0.1, 0.15) is 41.0 Å². The maximum absolute atomic E-state index is 12.8. The molecule has 0 radical (unpaired) electrons. The van der Waals surface area contributed by atoms with Crippen LogP contribution in [0.2, 0.25) is 0 Å². The van der Waals surface area contributed by atoms with Crippen LogP contribution in [0.3, 0.4) is 0 Å². The van der Waals surface area contributed by atoms with E-state index in [1.54, 1.807) is 13.8 Å². The Morgan fingerprint density at radius 2 is 1.80 bits per heavy atom. The Kier molecular flexibility index (Phi) is 4.68. The lowest BCUT2D eigenvalue weighted by molar-refractivity contribution is -0.159. The van der Waals surface area contributed by atoms with Crippen LogP contribution in [0.15, 0.2) is 0 Å². The molecule has 15 heavy (non-hydrogen) atoms. The van der Waals surface area contributed by atoms with Gasteiger partial charge in [-0.05, 0) is 27.2 Å². The smallest absolute Gasteiger partial charge is 0.311 e. The molecule has 0 aromatic rings. The number of hydrogen-bond donors (Lipinski definition) is 0. The van der Waals surface area contributed by atoms with Crippen molar-refractivity contribution in [1.82, 2.24) is 0 Å². The average Bonchev–Trinajstić information content (AvgIpc) is 2.11. The van der Waals surface area contributed by atoms with E-state index >= 15 is 0 Å². The lowest BCUT2D eigenvalue weighted by Crippen LogP contribution is -2.31. The van der Waals surface area contributed by atoms with Crippen LogP contribution in [-0.2, 0) is 9.53 Å². The molecule has 0 spiro atoms. The van der Waals surface area contributed by atoms with E-state index in [1.807, 2.05) is 6.92 Å². The van der Waals surface area contributed by atoms with Gasteiger partial charge in [-0.15, -0.1) is 0 Å². The number of halogens is 2. The Labute approximate surface area is 90.0 Å². The Morgan fingerprint density at radius 1 is 1.33 bits per heavy atom. The van der Waals surface area contributed by atoms with Gasteiger partial charge in [-0.25, -0.2) is 8.78 Å². The SMILES string of the molecule is CCC(C)(C)C(=O)OCC(C)C(C)(F)F. The van der Waals surface area contributed by atoms with E-state index in [2.05, 4.69) is 0 Å². The molecular formula is C11H20F2O2. The highest BCUT2D eigenvalue weighted by molar-refractivity contribution is 5.75. The minimum absolute atomic E-state index is 0.230. The first-order chi connectivity index (χ1) is 6.61. The summed E-state index contributed by atoms with van der Waals surface area (Å²) >= 11 is 0. The summed E-state index contributed by atoms with van der Waals surface area (Å²) in [6, 6.07) is 0. The maximum atomic E-state index is 12.8. The predicted octanol–water partition coefficient (Wildman–Crippen LogP) is 3.26. The molecule has 0 N–H and O–H groups in total. The van der Waals surface area contributed by atoms with E-state index in [0.717, 1.165) is 6.92 Å². The minimum Gasteiger partial charge on any atom is -0.465 e. The summed E-state index contributed by atoms with van der Waals surface area (Å²) in [7, 11) is 0. The molecule has 0 bridgehead atoms. The molecule has 0 aromatic carbocycles. The van der Waals surface area contributed by atoms with Crippen LogP contribution in [0.25, 0.3) is 0 Å². The zero-order valence-corrected chi connectivity index (χ0v) is 10.1. The highest BCUT2D eigenvalue weighted by Crippen LogP contribution is 2.26. The lowest BCUT2D eigenvalue weighted by atomic mass is 9.90. The molecule has 0 fully saturated rings. The largest absolute Gasteiger partial charge is 0.465 e. The second-order valence-electron chi connectivity index (χ2n) is 4.69. The molecule has 0 aromatic heterocycles. The lowest BCUT2D eigenvalue weighted by Gasteiger charge is -2.24. The first-order valence-corrected chi connectivity index (χ1v) is 5.16. The predicted molar refractivity (Wildman–Crippen MR) is 54.8 cm³/mol. The Bertz CT molecular complexity index is 219. The molecule has 1 atom stereocenters. The van der Waals surface area contributed by atoms with Gasteiger partial charge in [-0.2, -0.15) is 0 Å². The molecule has 0 heterocycles. The van der Waals surface area contributed by atoms with Gasteiger partial charge in [0.2, 0.25) is 0 Å². The summed E-state index contributed by atoms with van der Waals surface area (Å²) in [6.07, 6.45) is 0.628. The first kappa shape index (κ1) is 14.3. The van der Waals surface area contributed by atoms with Crippen LogP contribution in [0.4, 0.5) is 8.78 Å². The summed E-state index contributed by atoms with van der Waals surface area (Å²) in [5.41, 5.74) is -0.594. The fourth-order valence-electron chi connectivity index (χ4n) is 0.687. The second-order valence-corrected chi connectivity index (χ2v) is 4.69. The van der Waals surface area contributed by atoms with E-state index in [9.17, 15) is 13.6 Å². The number of carbonyl (C=O) groups is 1. The molecule has 0 aliphatic carbocycles. The van der Waals surface area contributed by atoms with E-state index in [-0.39, 0.29) is 6.61 Å². The van der Waals surface area contributed by atoms with Crippen LogP contribution in [0.5, 0.6) is 0 Å². The Balaban J connectivity index is 4.13. The molecule has 0 amide bonds. The molecule has 1 unspecified atom stereocenters. The monoisotopic (exact) mass is 222 g/mol. The highest BCUT2D eigenvalue weighted by atomic mass is 19.3. The van der Waals surface area contributed by atoms with Crippen molar-refractivity contribution in [2.45, 2.75) is 47.0 Å². The standard InChI is InChI=1S/C11H20F2O2/c1-6-10(3,4)9(14)15-7-8(2)11(5,12)13/h8H,6-7H2,1-5H3. The van der Waals surface area contributed by atoms with E-state index < -0.39 is 23.2 Å². The van der Waals surface area contributed by atoms with Gasteiger partial charge < -0.3 is 4.74 Å². The number of ether oxygens (including phenoxy) is 1. The fraction of sp³-hybridized carbons (Fsp3) is 0.909.